The van der Waals surface area contributed by atoms with Crippen molar-refractivity contribution in [3.63, 3.8) is 0 Å². The van der Waals surface area contributed by atoms with E-state index in [4.69, 9.17) is 9.84 Å². The molecule has 26 heavy (non-hydrogen) atoms. The maximum atomic E-state index is 10.6. The van der Waals surface area contributed by atoms with E-state index in [2.05, 4.69) is 29.2 Å². The van der Waals surface area contributed by atoms with Crippen molar-refractivity contribution in [2.24, 2.45) is 0 Å². The number of unbranched alkanes of at least 4 members (excludes halogenated alkanes) is 1. The number of hydrogen-bond donors (Lipinski definition) is 1. The molecule has 0 bridgehead atoms. The summed E-state index contributed by atoms with van der Waals surface area (Å²) in [7, 11) is 0. The fourth-order valence-electron chi connectivity index (χ4n) is 3.44. The topological polar surface area (TPSA) is 49.8 Å². The molecule has 2 aromatic rings. The molecule has 1 aliphatic heterocycles. The van der Waals surface area contributed by atoms with Gasteiger partial charge in [0, 0.05) is 18.7 Å². The van der Waals surface area contributed by atoms with Gasteiger partial charge < -0.3 is 14.7 Å². The molecule has 2 aromatic carbocycles. The highest BCUT2D eigenvalue weighted by atomic mass is 16.5. The van der Waals surface area contributed by atoms with Crippen molar-refractivity contribution in [3.05, 3.63) is 60.2 Å². The molecule has 0 saturated carbocycles. The number of benzene rings is 2. The monoisotopic (exact) mass is 353 g/mol. The lowest BCUT2D eigenvalue weighted by Gasteiger charge is -2.34. The summed E-state index contributed by atoms with van der Waals surface area (Å²) in [5.74, 6) is 0.230. The number of aryl methyl sites for hydroxylation is 1. The van der Waals surface area contributed by atoms with Crippen LogP contribution in [0.3, 0.4) is 0 Å². The first-order valence-corrected chi connectivity index (χ1v) is 9.48. The lowest BCUT2D eigenvalue weighted by Crippen LogP contribution is -2.41. The number of anilines is 1. The van der Waals surface area contributed by atoms with Gasteiger partial charge in [0.25, 0.3) is 0 Å². The van der Waals surface area contributed by atoms with E-state index < -0.39 is 5.97 Å². The third kappa shape index (κ3) is 5.51. The van der Waals surface area contributed by atoms with Crippen molar-refractivity contribution in [1.82, 2.24) is 0 Å². The zero-order valence-electron chi connectivity index (χ0n) is 15.1. The Kier molecular flexibility index (Phi) is 6.53. The summed E-state index contributed by atoms with van der Waals surface area (Å²) in [5, 5.41) is 8.69. The molecule has 0 spiro atoms. The molecule has 0 aliphatic carbocycles. The summed E-state index contributed by atoms with van der Waals surface area (Å²) in [4.78, 5) is 13.0. The average Bonchev–Trinajstić information content (AvgIpc) is 2.67. The minimum absolute atomic E-state index is 0.224. The molecule has 4 nitrogen and oxygen atoms in total. The number of carboxylic acids is 1. The molecule has 1 fully saturated rings. The quantitative estimate of drug-likeness (QED) is 0.708. The first-order valence-electron chi connectivity index (χ1n) is 9.48. The second kappa shape index (κ2) is 9.27. The fraction of sp³-hybridized carbons (Fsp3) is 0.409. The third-order valence-electron chi connectivity index (χ3n) is 4.83. The summed E-state index contributed by atoms with van der Waals surface area (Å²) in [5.41, 5.74) is 2.51. The summed E-state index contributed by atoms with van der Waals surface area (Å²) < 4.78 is 6.13. The van der Waals surface area contributed by atoms with E-state index in [1.807, 2.05) is 30.3 Å². The van der Waals surface area contributed by atoms with Crippen molar-refractivity contribution in [2.45, 2.75) is 44.6 Å². The van der Waals surface area contributed by atoms with Gasteiger partial charge in [-0.15, -0.1) is 0 Å². The SMILES string of the molecule is O=C(O)CCCCc1ccc(N2CCC[C@H](Oc3ccccc3)C2)cc1. The minimum atomic E-state index is -0.710. The van der Waals surface area contributed by atoms with Crippen LogP contribution in [0.4, 0.5) is 5.69 Å². The molecule has 0 aromatic heterocycles. The molecule has 1 aliphatic rings. The van der Waals surface area contributed by atoms with Crippen molar-refractivity contribution in [1.29, 1.82) is 0 Å². The highest BCUT2D eigenvalue weighted by Crippen LogP contribution is 2.24. The zero-order chi connectivity index (χ0) is 18.2. The van der Waals surface area contributed by atoms with Crippen molar-refractivity contribution in [3.8, 4) is 5.75 Å². The number of para-hydroxylation sites is 1. The van der Waals surface area contributed by atoms with Crippen LogP contribution >= 0.6 is 0 Å². The molecule has 1 N–H and O–H groups in total. The summed E-state index contributed by atoms with van der Waals surface area (Å²) in [6, 6.07) is 18.7. The van der Waals surface area contributed by atoms with Gasteiger partial charge in [-0.25, -0.2) is 0 Å². The zero-order valence-corrected chi connectivity index (χ0v) is 15.1. The van der Waals surface area contributed by atoms with E-state index in [1.165, 1.54) is 11.3 Å². The summed E-state index contributed by atoms with van der Waals surface area (Å²) in [6.45, 7) is 1.97. The van der Waals surface area contributed by atoms with Gasteiger partial charge in [0.05, 0.1) is 6.54 Å². The maximum Gasteiger partial charge on any atom is 0.303 e. The molecule has 3 rings (SSSR count). The number of hydrogen-bond acceptors (Lipinski definition) is 3. The normalized spacial score (nSPS) is 17.1. The van der Waals surface area contributed by atoms with Gasteiger partial charge in [0.2, 0.25) is 0 Å². The number of carboxylic acid groups (broad SMARTS) is 1. The van der Waals surface area contributed by atoms with Crippen LogP contribution in [-0.2, 0) is 11.2 Å². The van der Waals surface area contributed by atoms with Gasteiger partial charge in [-0.3, -0.25) is 4.79 Å². The molecule has 0 amide bonds. The Labute approximate surface area is 155 Å². The Balaban J connectivity index is 1.51. The van der Waals surface area contributed by atoms with Gasteiger partial charge >= 0.3 is 5.97 Å². The smallest absolute Gasteiger partial charge is 0.303 e. The highest BCUT2D eigenvalue weighted by molar-refractivity contribution is 5.66. The van der Waals surface area contributed by atoms with Crippen molar-refractivity contribution in [2.75, 3.05) is 18.0 Å². The lowest BCUT2D eigenvalue weighted by atomic mass is 10.0. The molecule has 1 heterocycles. The lowest BCUT2D eigenvalue weighted by molar-refractivity contribution is -0.137. The molecule has 1 atom stereocenters. The van der Waals surface area contributed by atoms with E-state index in [0.29, 0.717) is 0 Å². The number of piperidine rings is 1. The van der Waals surface area contributed by atoms with Crippen LogP contribution in [-0.4, -0.2) is 30.3 Å². The Morgan fingerprint density at radius 1 is 1.08 bits per heavy atom. The number of ether oxygens (including phenoxy) is 1. The first-order chi connectivity index (χ1) is 12.7. The second-order valence-electron chi connectivity index (χ2n) is 6.91. The van der Waals surface area contributed by atoms with Gasteiger partial charge in [0.1, 0.15) is 11.9 Å². The van der Waals surface area contributed by atoms with Crippen LogP contribution in [0.25, 0.3) is 0 Å². The van der Waals surface area contributed by atoms with Crippen LogP contribution < -0.4 is 9.64 Å². The maximum absolute atomic E-state index is 10.6. The Morgan fingerprint density at radius 3 is 2.58 bits per heavy atom. The second-order valence-corrected chi connectivity index (χ2v) is 6.91. The Hall–Kier alpha value is -2.49. The fourth-order valence-corrected chi connectivity index (χ4v) is 3.44. The molecule has 0 radical (unpaired) electrons. The molecule has 138 valence electrons. The van der Waals surface area contributed by atoms with Crippen LogP contribution in [0, 0.1) is 0 Å². The molecule has 0 unspecified atom stereocenters. The average molecular weight is 353 g/mol. The van der Waals surface area contributed by atoms with Crippen LogP contribution in [0.2, 0.25) is 0 Å². The minimum Gasteiger partial charge on any atom is -0.489 e. The highest BCUT2D eigenvalue weighted by Gasteiger charge is 2.21. The third-order valence-corrected chi connectivity index (χ3v) is 4.83. The van der Waals surface area contributed by atoms with E-state index in [0.717, 1.165) is 50.9 Å². The number of carbonyl (C=O) groups is 1. The van der Waals surface area contributed by atoms with Crippen molar-refractivity contribution >= 4 is 11.7 Å². The molecular formula is C22H27NO3. The molecule has 1 saturated heterocycles. The van der Waals surface area contributed by atoms with Crippen molar-refractivity contribution < 1.29 is 14.6 Å². The van der Waals surface area contributed by atoms with Crippen LogP contribution in [0.1, 0.15) is 37.7 Å². The predicted molar refractivity (Wildman–Crippen MR) is 104 cm³/mol. The largest absolute Gasteiger partial charge is 0.489 e. The molecular weight excluding hydrogens is 326 g/mol. The van der Waals surface area contributed by atoms with Crippen LogP contribution in [0.15, 0.2) is 54.6 Å². The number of rotatable bonds is 8. The first kappa shape index (κ1) is 18.3. The molecule has 4 heteroatoms. The van der Waals surface area contributed by atoms with Gasteiger partial charge in [-0.05, 0) is 61.9 Å². The van der Waals surface area contributed by atoms with Crippen LogP contribution in [0.5, 0.6) is 5.75 Å². The Bertz CT molecular complexity index is 684. The predicted octanol–water partition coefficient (Wildman–Crippen LogP) is 4.53. The van der Waals surface area contributed by atoms with E-state index in [-0.39, 0.29) is 12.5 Å². The van der Waals surface area contributed by atoms with Gasteiger partial charge in [-0.2, -0.15) is 0 Å². The van der Waals surface area contributed by atoms with Gasteiger partial charge in [0.15, 0.2) is 0 Å². The van der Waals surface area contributed by atoms with Gasteiger partial charge in [-0.1, -0.05) is 30.3 Å². The Morgan fingerprint density at radius 2 is 1.85 bits per heavy atom. The summed E-state index contributed by atoms with van der Waals surface area (Å²) >= 11 is 0. The van der Waals surface area contributed by atoms with E-state index >= 15 is 0 Å². The standard InChI is InChI=1S/C22H27NO3/c24-22(25)11-5-4-7-18-12-14-19(15-13-18)23-16-6-10-21(17-23)26-20-8-2-1-3-9-20/h1-3,8-9,12-15,21H,4-7,10-11,16-17H2,(H,24,25)/t21-/m0/s1. The summed E-state index contributed by atoms with van der Waals surface area (Å²) in [6.07, 6.45) is 5.30. The number of nitrogens with zero attached hydrogens (tertiary/aromatic N) is 1. The number of aliphatic carboxylic acids is 1. The van der Waals surface area contributed by atoms with E-state index in [1.54, 1.807) is 0 Å². The van der Waals surface area contributed by atoms with E-state index in [9.17, 15) is 4.79 Å².